The summed E-state index contributed by atoms with van der Waals surface area (Å²) < 4.78 is 0. The summed E-state index contributed by atoms with van der Waals surface area (Å²) in [5, 5.41) is 0. The number of hydrogen-bond acceptors (Lipinski definition) is 1. The monoisotopic (exact) mass is 220 g/mol. The van der Waals surface area contributed by atoms with Crippen molar-refractivity contribution in [2.75, 3.05) is 0 Å². The molecule has 0 aromatic rings. The Bertz CT molecular complexity index is 225. The molecule has 1 fully saturated rings. The zero-order valence-electron chi connectivity index (χ0n) is 11.0. The van der Waals surface area contributed by atoms with Crippen LogP contribution < -0.4 is 0 Å². The Morgan fingerprint density at radius 2 is 2.00 bits per heavy atom. The SMILES string of the molecule is [B]C(=O)CC1CCC(C(C)C)CC1CCC. The standard InChI is InChI=1S/C14H25BO/c1-4-5-12-8-11(10(2)3)6-7-13(12)9-14(15)16/h10-13H,4-9H2,1-3H3. The lowest BCUT2D eigenvalue weighted by Gasteiger charge is -2.37. The van der Waals surface area contributed by atoms with E-state index in [1.54, 1.807) is 0 Å². The van der Waals surface area contributed by atoms with Gasteiger partial charge in [0, 0.05) is 0 Å². The summed E-state index contributed by atoms with van der Waals surface area (Å²) in [5.41, 5.74) is -0.117. The molecule has 90 valence electrons. The van der Waals surface area contributed by atoms with Crippen LogP contribution >= 0.6 is 0 Å². The van der Waals surface area contributed by atoms with Crippen molar-refractivity contribution in [3.63, 3.8) is 0 Å². The molecule has 2 radical (unpaired) electrons. The van der Waals surface area contributed by atoms with Crippen LogP contribution in [0.2, 0.25) is 0 Å². The molecule has 0 saturated heterocycles. The van der Waals surface area contributed by atoms with E-state index in [4.69, 9.17) is 7.85 Å². The van der Waals surface area contributed by atoms with Crippen molar-refractivity contribution in [2.24, 2.45) is 23.7 Å². The summed E-state index contributed by atoms with van der Waals surface area (Å²) in [6.07, 6.45) is 6.90. The number of carbonyl (C=O) groups excluding carboxylic acids is 1. The van der Waals surface area contributed by atoms with E-state index in [1.807, 2.05) is 0 Å². The minimum Gasteiger partial charge on any atom is -0.313 e. The molecule has 0 spiro atoms. The summed E-state index contributed by atoms with van der Waals surface area (Å²) in [5.74, 6) is 2.95. The second kappa shape index (κ2) is 6.47. The molecular weight excluding hydrogens is 195 g/mol. The van der Waals surface area contributed by atoms with Crippen molar-refractivity contribution in [3.8, 4) is 0 Å². The molecular formula is C14H25BO. The third kappa shape index (κ3) is 3.95. The van der Waals surface area contributed by atoms with Gasteiger partial charge in [-0.15, -0.1) is 0 Å². The molecule has 3 atom stereocenters. The third-order valence-electron chi connectivity index (χ3n) is 4.25. The fraction of sp³-hybridized carbons (Fsp3) is 0.929. The van der Waals surface area contributed by atoms with E-state index in [0.29, 0.717) is 12.3 Å². The minimum atomic E-state index is -0.117. The third-order valence-corrected chi connectivity index (χ3v) is 4.25. The predicted octanol–water partition coefficient (Wildman–Crippen LogP) is 3.56. The molecule has 1 saturated carbocycles. The second-order valence-corrected chi connectivity index (χ2v) is 5.80. The van der Waals surface area contributed by atoms with Gasteiger partial charge in [0.15, 0.2) is 7.85 Å². The Balaban J connectivity index is 2.55. The molecule has 2 heteroatoms. The second-order valence-electron chi connectivity index (χ2n) is 5.80. The van der Waals surface area contributed by atoms with Crippen molar-refractivity contribution < 1.29 is 4.79 Å². The highest BCUT2D eigenvalue weighted by molar-refractivity contribution is 6.57. The van der Waals surface area contributed by atoms with Gasteiger partial charge in [-0.25, -0.2) is 0 Å². The lowest BCUT2D eigenvalue weighted by molar-refractivity contribution is -0.113. The van der Waals surface area contributed by atoms with Crippen LogP contribution in [0, 0.1) is 23.7 Å². The van der Waals surface area contributed by atoms with Crippen LogP contribution in [0.15, 0.2) is 0 Å². The number of carbonyl (C=O) groups is 1. The van der Waals surface area contributed by atoms with Gasteiger partial charge in [0.2, 0.25) is 0 Å². The largest absolute Gasteiger partial charge is 0.313 e. The first-order valence-corrected chi connectivity index (χ1v) is 6.82. The molecule has 1 rings (SSSR count). The molecule has 0 heterocycles. The van der Waals surface area contributed by atoms with Crippen LogP contribution in [0.4, 0.5) is 0 Å². The van der Waals surface area contributed by atoms with Crippen LogP contribution in [-0.4, -0.2) is 13.5 Å². The van der Waals surface area contributed by atoms with Crippen LogP contribution in [0.3, 0.4) is 0 Å². The van der Waals surface area contributed by atoms with Crippen LogP contribution in [0.25, 0.3) is 0 Å². The van der Waals surface area contributed by atoms with E-state index in [9.17, 15) is 4.79 Å². The molecule has 0 aliphatic heterocycles. The smallest absolute Gasteiger partial charge is 0.167 e. The highest BCUT2D eigenvalue weighted by Gasteiger charge is 2.31. The van der Waals surface area contributed by atoms with Gasteiger partial charge >= 0.3 is 0 Å². The Hall–Kier alpha value is -0.265. The van der Waals surface area contributed by atoms with Crippen molar-refractivity contribution >= 4 is 13.5 Å². The van der Waals surface area contributed by atoms with Crippen molar-refractivity contribution in [1.29, 1.82) is 0 Å². The zero-order valence-corrected chi connectivity index (χ0v) is 11.0. The van der Waals surface area contributed by atoms with Gasteiger partial charge in [-0.3, -0.25) is 0 Å². The highest BCUT2D eigenvalue weighted by atomic mass is 16.1. The van der Waals surface area contributed by atoms with E-state index in [2.05, 4.69) is 20.8 Å². The normalized spacial score (nSPS) is 30.6. The van der Waals surface area contributed by atoms with Crippen LogP contribution in [-0.2, 0) is 4.79 Å². The first-order chi connectivity index (χ1) is 7.54. The van der Waals surface area contributed by atoms with Gasteiger partial charge in [0.1, 0.15) is 0 Å². The summed E-state index contributed by atoms with van der Waals surface area (Å²) in [4.78, 5) is 11.1. The predicted molar refractivity (Wildman–Crippen MR) is 69.4 cm³/mol. The van der Waals surface area contributed by atoms with Gasteiger partial charge in [0.25, 0.3) is 0 Å². The maximum atomic E-state index is 11.1. The van der Waals surface area contributed by atoms with E-state index in [-0.39, 0.29) is 5.68 Å². The molecule has 0 amide bonds. The molecule has 0 bridgehead atoms. The first kappa shape index (κ1) is 13.8. The van der Waals surface area contributed by atoms with E-state index in [1.165, 1.54) is 32.1 Å². The molecule has 1 aliphatic rings. The molecule has 1 aliphatic carbocycles. The fourth-order valence-electron chi connectivity index (χ4n) is 3.22. The van der Waals surface area contributed by atoms with Gasteiger partial charge < -0.3 is 4.79 Å². The molecule has 0 N–H and O–H groups in total. The lowest BCUT2D eigenvalue weighted by Crippen LogP contribution is -2.29. The molecule has 16 heavy (non-hydrogen) atoms. The molecule has 3 unspecified atom stereocenters. The summed E-state index contributed by atoms with van der Waals surface area (Å²) in [7, 11) is 5.34. The average molecular weight is 220 g/mol. The Morgan fingerprint density at radius 3 is 2.50 bits per heavy atom. The number of hydrogen-bond donors (Lipinski definition) is 0. The zero-order chi connectivity index (χ0) is 12.1. The maximum Gasteiger partial charge on any atom is 0.167 e. The van der Waals surface area contributed by atoms with Gasteiger partial charge in [0.05, 0.1) is 5.68 Å². The summed E-state index contributed by atoms with van der Waals surface area (Å²) >= 11 is 0. The van der Waals surface area contributed by atoms with Crippen molar-refractivity contribution in [2.45, 2.75) is 59.3 Å². The van der Waals surface area contributed by atoms with Crippen LogP contribution in [0.5, 0.6) is 0 Å². The van der Waals surface area contributed by atoms with Crippen molar-refractivity contribution in [3.05, 3.63) is 0 Å². The summed E-state index contributed by atoms with van der Waals surface area (Å²) in [6, 6.07) is 0. The first-order valence-electron chi connectivity index (χ1n) is 6.82. The lowest BCUT2D eigenvalue weighted by atomic mass is 9.67. The van der Waals surface area contributed by atoms with E-state index >= 15 is 0 Å². The quantitative estimate of drug-likeness (QED) is 0.647. The molecule has 0 aromatic heterocycles. The van der Waals surface area contributed by atoms with Gasteiger partial charge in [-0.1, -0.05) is 33.6 Å². The Kier molecular flexibility index (Phi) is 5.58. The fourth-order valence-corrected chi connectivity index (χ4v) is 3.22. The Morgan fingerprint density at radius 1 is 1.31 bits per heavy atom. The van der Waals surface area contributed by atoms with Crippen molar-refractivity contribution in [1.82, 2.24) is 0 Å². The molecule has 0 aromatic carbocycles. The van der Waals surface area contributed by atoms with Gasteiger partial charge in [-0.05, 0) is 49.4 Å². The average Bonchev–Trinajstić information content (AvgIpc) is 2.20. The molecule has 1 nitrogen and oxygen atoms in total. The van der Waals surface area contributed by atoms with Gasteiger partial charge in [-0.2, -0.15) is 0 Å². The van der Waals surface area contributed by atoms with Crippen LogP contribution in [0.1, 0.15) is 59.3 Å². The topological polar surface area (TPSA) is 17.1 Å². The highest BCUT2D eigenvalue weighted by Crippen LogP contribution is 2.41. The maximum absolute atomic E-state index is 11.1. The minimum absolute atomic E-state index is 0.117. The number of rotatable bonds is 5. The van der Waals surface area contributed by atoms with E-state index in [0.717, 1.165) is 17.8 Å². The van der Waals surface area contributed by atoms with E-state index < -0.39 is 0 Å². The summed E-state index contributed by atoms with van der Waals surface area (Å²) in [6.45, 7) is 6.88. The Labute approximate surface area is 102 Å².